The summed E-state index contributed by atoms with van der Waals surface area (Å²) in [6.45, 7) is 2.98. The molecule has 1 aliphatic rings. The van der Waals surface area contributed by atoms with Crippen LogP contribution in [-0.2, 0) is 9.59 Å². The Morgan fingerprint density at radius 2 is 1.81 bits per heavy atom. The van der Waals surface area contributed by atoms with Crippen molar-refractivity contribution in [3.05, 3.63) is 0 Å². The Morgan fingerprint density at radius 1 is 1.31 bits per heavy atom. The number of amides is 2. The van der Waals surface area contributed by atoms with E-state index >= 15 is 0 Å². The summed E-state index contributed by atoms with van der Waals surface area (Å²) in [4.78, 5) is 26.7. The quantitative estimate of drug-likeness (QED) is 0.702. The Balaban J connectivity index is 2.45. The van der Waals surface area contributed by atoms with E-state index in [-0.39, 0.29) is 17.7 Å². The highest BCUT2D eigenvalue weighted by atomic mass is 16.2. The SMILES string of the molecule is CC(N)C(=O)N1CCC(C(=O)N(C)C)CC1. The van der Waals surface area contributed by atoms with E-state index in [1.807, 2.05) is 0 Å². The Morgan fingerprint density at radius 3 is 2.19 bits per heavy atom. The van der Waals surface area contributed by atoms with E-state index in [1.165, 1.54) is 0 Å². The van der Waals surface area contributed by atoms with Crippen LogP contribution >= 0.6 is 0 Å². The molecule has 0 bridgehead atoms. The fourth-order valence-corrected chi connectivity index (χ4v) is 2.00. The zero-order valence-electron chi connectivity index (χ0n) is 10.3. The molecular weight excluding hydrogens is 206 g/mol. The first-order valence-corrected chi connectivity index (χ1v) is 5.69. The predicted octanol–water partition coefficient (Wildman–Crippen LogP) is -0.340. The molecular formula is C11H21N3O2. The molecule has 2 amide bonds. The van der Waals surface area contributed by atoms with Crippen LogP contribution in [0.3, 0.4) is 0 Å². The molecule has 92 valence electrons. The molecule has 1 fully saturated rings. The van der Waals surface area contributed by atoms with Crippen molar-refractivity contribution in [3.63, 3.8) is 0 Å². The standard InChI is InChI=1S/C11H21N3O2/c1-8(12)10(15)14-6-4-9(5-7-14)11(16)13(2)3/h8-9H,4-7,12H2,1-3H3. The minimum atomic E-state index is -0.443. The van der Waals surface area contributed by atoms with Gasteiger partial charge in [0.25, 0.3) is 0 Å². The van der Waals surface area contributed by atoms with E-state index < -0.39 is 6.04 Å². The number of nitrogens with zero attached hydrogens (tertiary/aromatic N) is 2. The maximum atomic E-state index is 11.7. The number of rotatable bonds is 2. The van der Waals surface area contributed by atoms with Gasteiger partial charge in [0.15, 0.2) is 0 Å². The van der Waals surface area contributed by atoms with Crippen molar-refractivity contribution in [2.75, 3.05) is 27.2 Å². The van der Waals surface area contributed by atoms with Gasteiger partial charge in [0, 0.05) is 33.1 Å². The monoisotopic (exact) mass is 227 g/mol. The molecule has 1 atom stereocenters. The average molecular weight is 227 g/mol. The lowest BCUT2D eigenvalue weighted by Crippen LogP contribution is -2.47. The first-order valence-electron chi connectivity index (χ1n) is 5.69. The molecule has 0 aromatic heterocycles. The molecule has 5 nitrogen and oxygen atoms in total. The van der Waals surface area contributed by atoms with E-state index in [4.69, 9.17) is 5.73 Å². The maximum absolute atomic E-state index is 11.7. The number of nitrogens with two attached hydrogens (primary N) is 1. The Kier molecular flexibility index (Phi) is 4.29. The summed E-state index contributed by atoms with van der Waals surface area (Å²) in [7, 11) is 3.53. The Hall–Kier alpha value is -1.10. The summed E-state index contributed by atoms with van der Waals surface area (Å²) in [5.74, 6) is 0.204. The maximum Gasteiger partial charge on any atom is 0.239 e. The summed E-state index contributed by atoms with van der Waals surface area (Å²) in [5.41, 5.74) is 5.54. The molecule has 1 rings (SSSR count). The smallest absolute Gasteiger partial charge is 0.239 e. The second kappa shape index (κ2) is 5.30. The third-order valence-electron chi connectivity index (χ3n) is 2.99. The topological polar surface area (TPSA) is 66.6 Å². The van der Waals surface area contributed by atoms with Crippen LogP contribution in [0.15, 0.2) is 0 Å². The molecule has 5 heteroatoms. The van der Waals surface area contributed by atoms with Crippen LogP contribution in [0, 0.1) is 5.92 Å². The lowest BCUT2D eigenvalue weighted by atomic mass is 9.95. The van der Waals surface area contributed by atoms with Gasteiger partial charge in [-0.25, -0.2) is 0 Å². The zero-order valence-corrected chi connectivity index (χ0v) is 10.3. The summed E-state index contributed by atoms with van der Waals surface area (Å²) in [5, 5.41) is 0. The van der Waals surface area contributed by atoms with Gasteiger partial charge in [0.1, 0.15) is 0 Å². The second-order valence-electron chi connectivity index (χ2n) is 4.62. The number of hydrogen-bond acceptors (Lipinski definition) is 3. The average Bonchev–Trinajstić information content (AvgIpc) is 2.27. The van der Waals surface area contributed by atoms with Gasteiger partial charge in [-0.1, -0.05) is 0 Å². The van der Waals surface area contributed by atoms with Crippen molar-refractivity contribution >= 4 is 11.8 Å². The summed E-state index contributed by atoms with van der Waals surface area (Å²) in [6.07, 6.45) is 1.49. The van der Waals surface area contributed by atoms with Crippen LogP contribution in [0.1, 0.15) is 19.8 Å². The lowest BCUT2D eigenvalue weighted by Gasteiger charge is -2.33. The molecule has 2 N–H and O–H groups in total. The second-order valence-corrected chi connectivity index (χ2v) is 4.62. The fourth-order valence-electron chi connectivity index (χ4n) is 2.00. The van der Waals surface area contributed by atoms with Gasteiger partial charge in [0.2, 0.25) is 11.8 Å². The predicted molar refractivity (Wildman–Crippen MR) is 61.6 cm³/mol. The molecule has 0 aliphatic carbocycles. The molecule has 0 radical (unpaired) electrons. The van der Waals surface area contributed by atoms with Crippen LogP contribution in [0.5, 0.6) is 0 Å². The summed E-state index contributed by atoms with van der Waals surface area (Å²) < 4.78 is 0. The van der Waals surface area contributed by atoms with Crippen LogP contribution in [0.4, 0.5) is 0 Å². The van der Waals surface area contributed by atoms with E-state index in [9.17, 15) is 9.59 Å². The summed E-state index contributed by atoms with van der Waals surface area (Å²) in [6, 6.07) is -0.443. The Bertz CT molecular complexity index is 240. The third-order valence-corrected chi connectivity index (χ3v) is 2.99. The normalized spacial score (nSPS) is 19.4. The number of carbonyl (C=O) groups is 2. The number of carbonyl (C=O) groups excluding carboxylic acids is 2. The van der Waals surface area contributed by atoms with Gasteiger partial charge in [-0.15, -0.1) is 0 Å². The third kappa shape index (κ3) is 2.95. The van der Waals surface area contributed by atoms with Gasteiger partial charge in [-0.05, 0) is 19.8 Å². The van der Waals surface area contributed by atoms with Crippen LogP contribution < -0.4 is 5.73 Å². The van der Waals surface area contributed by atoms with Crippen molar-refractivity contribution in [3.8, 4) is 0 Å². The minimum Gasteiger partial charge on any atom is -0.349 e. The molecule has 0 saturated carbocycles. The number of hydrogen-bond donors (Lipinski definition) is 1. The fraction of sp³-hybridized carbons (Fsp3) is 0.818. The number of piperidine rings is 1. The van der Waals surface area contributed by atoms with E-state index in [0.29, 0.717) is 13.1 Å². The van der Waals surface area contributed by atoms with Gasteiger partial charge >= 0.3 is 0 Å². The van der Waals surface area contributed by atoms with Gasteiger partial charge in [-0.3, -0.25) is 9.59 Å². The molecule has 1 unspecified atom stereocenters. The molecule has 0 spiro atoms. The summed E-state index contributed by atoms with van der Waals surface area (Å²) >= 11 is 0. The van der Waals surface area contributed by atoms with Crippen LogP contribution in [-0.4, -0.2) is 54.8 Å². The van der Waals surface area contributed by atoms with Gasteiger partial charge in [0.05, 0.1) is 6.04 Å². The van der Waals surface area contributed by atoms with Crippen molar-refractivity contribution in [2.24, 2.45) is 11.7 Å². The molecule has 1 saturated heterocycles. The largest absolute Gasteiger partial charge is 0.349 e. The van der Waals surface area contributed by atoms with E-state index in [0.717, 1.165) is 12.8 Å². The highest BCUT2D eigenvalue weighted by Crippen LogP contribution is 2.19. The molecule has 0 aromatic carbocycles. The first kappa shape index (κ1) is 13.0. The highest BCUT2D eigenvalue weighted by molar-refractivity contribution is 5.82. The first-order chi connectivity index (χ1) is 7.43. The van der Waals surface area contributed by atoms with Crippen LogP contribution in [0.2, 0.25) is 0 Å². The minimum absolute atomic E-state index is 0.0178. The van der Waals surface area contributed by atoms with E-state index in [1.54, 1.807) is 30.8 Å². The van der Waals surface area contributed by atoms with Crippen molar-refractivity contribution < 1.29 is 9.59 Å². The van der Waals surface area contributed by atoms with E-state index in [2.05, 4.69) is 0 Å². The van der Waals surface area contributed by atoms with Crippen molar-refractivity contribution in [1.29, 1.82) is 0 Å². The molecule has 16 heavy (non-hydrogen) atoms. The van der Waals surface area contributed by atoms with Crippen LogP contribution in [0.25, 0.3) is 0 Å². The van der Waals surface area contributed by atoms with Crippen molar-refractivity contribution in [1.82, 2.24) is 9.80 Å². The number of likely N-dealkylation sites (tertiary alicyclic amines) is 1. The van der Waals surface area contributed by atoms with Gasteiger partial charge in [-0.2, -0.15) is 0 Å². The Labute approximate surface area is 96.6 Å². The molecule has 0 aromatic rings. The molecule has 1 aliphatic heterocycles. The lowest BCUT2D eigenvalue weighted by molar-refractivity contribution is -0.139. The highest BCUT2D eigenvalue weighted by Gasteiger charge is 2.28. The van der Waals surface area contributed by atoms with Crippen molar-refractivity contribution in [2.45, 2.75) is 25.8 Å². The zero-order chi connectivity index (χ0) is 12.3. The van der Waals surface area contributed by atoms with Gasteiger partial charge < -0.3 is 15.5 Å². The molecule has 1 heterocycles.